The predicted octanol–water partition coefficient (Wildman–Crippen LogP) is 5.25. The number of benzene rings is 2. The zero-order valence-corrected chi connectivity index (χ0v) is 24.3. The van der Waals surface area contributed by atoms with Crippen LogP contribution < -0.4 is 10.2 Å². The van der Waals surface area contributed by atoms with Gasteiger partial charge in [-0.3, -0.25) is 14.5 Å². The molecule has 2 atom stereocenters. The number of amides is 2. The van der Waals surface area contributed by atoms with Crippen LogP contribution in [0.4, 0.5) is 5.82 Å². The highest BCUT2D eigenvalue weighted by atomic mass is 32.2. The van der Waals surface area contributed by atoms with Crippen LogP contribution in [0.2, 0.25) is 0 Å². The Hall–Kier alpha value is -3.10. The molecular weight excluding hydrogens is 508 g/mol. The molecule has 2 aliphatic rings. The summed E-state index contributed by atoms with van der Waals surface area (Å²) in [5.41, 5.74) is 5.90. The van der Waals surface area contributed by atoms with E-state index in [1.807, 2.05) is 29.8 Å². The quantitative estimate of drug-likeness (QED) is 0.457. The van der Waals surface area contributed by atoms with Gasteiger partial charge in [0.05, 0.1) is 28.5 Å². The molecule has 8 heteroatoms. The zero-order chi connectivity index (χ0) is 27.7. The van der Waals surface area contributed by atoms with Gasteiger partial charge in [-0.1, -0.05) is 62.7 Å². The number of aromatic nitrogens is 2. The number of hydrogen-bond donors (Lipinski definition) is 1. The number of hydrogen-bond acceptors (Lipinski definition) is 5. The molecule has 1 N–H and O–H groups in total. The number of nitrogens with zero attached hydrogens (tertiary/aromatic N) is 3. The summed E-state index contributed by atoms with van der Waals surface area (Å²) >= 11 is 1.61. The van der Waals surface area contributed by atoms with Gasteiger partial charge in [-0.2, -0.15) is 5.10 Å². The van der Waals surface area contributed by atoms with Crippen LogP contribution in [-0.4, -0.2) is 53.1 Å². The van der Waals surface area contributed by atoms with E-state index in [-0.39, 0.29) is 40.9 Å². The van der Waals surface area contributed by atoms with E-state index >= 15 is 0 Å². The van der Waals surface area contributed by atoms with Gasteiger partial charge in [0.1, 0.15) is 12.4 Å². The van der Waals surface area contributed by atoms with E-state index in [0.29, 0.717) is 12.4 Å². The van der Waals surface area contributed by atoms with Crippen molar-refractivity contribution in [3.05, 3.63) is 76.5 Å². The SMILES string of the molecule is Cc1cccc([C@@H]2SCC(=O)N(CC(=O)NC[C@@H]3CCCO3)c3c2c(C(C)(C)C)nn3-c2cccc(C)c2)c1. The van der Waals surface area contributed by atoms with Crippen molar-refractivity contribution in [3.8, 4) is 5.69 Å². The van der Waals surface area contributed by atoms with Gasteiger partial charge in [-0.15, -0.1) is 11.8 Å². The maximum atomic E-state index is 13.8. The molecule has 0 unspecified atom stereocenters. The molecule has 2 aliphatic heterocycles. The molecule has 3 heterocycles. The summed E-state index contributed by atoms with van der Waals surface area (Å²) < 4.78 is 7.56. The van der Waals surface area contributed by atoms with Crippen molar-refractivity contribution < 1.29 is 14.3 Å². The highest BCUT2D eigenvalue weighted by Crippen LogP contribution is 2.48. The predicted molar refractivity (Wildman–Crippen MR) is 157 cm³/mol. The van der Waals surface area contributed by atoms with Crippen LogP contribution in [0.5, 0.6) is 0 Å². The molecule has 2 amide bonds. The maximum absolute atomic E-state index is 13.8. The fraction of sp³-hybridized carbons (Fsp3) is 0.452. The Morgan fingerprint density at radius 2 is 1.87 bits per heavy atom. The van der Waals surface area contributed by atoms with E-state index in [0.717, 1.165) is 47.5 Å². The number of nitrogens with one attached hydrogen (secondary N) is 1. The van der Waals surface area contributed by atoms with Gasteiger partial charge >= 0.3 is 0 Å². The minimum absolute atomic E-state index is 0.0379. The van der Waals surface area contributed by atoms with Crippen molar-refractivity contribution in [3.63, 3.8) is 0 Å². The lowest BCUT2D eigenvalue weighted by Crippen LogP contribution is -2.44. The number of thioether (sulfide) groups is 1. The van der Waals surface area contributed by atoms with E-state index in [9.17, 15) is 9.59 Å². The number of aryl methyl sites for hydroxylation is 2. The summed E-state index contributed by atoms with van der Waals surface area (Å²) in [5.74, 6) is 0.652. The minimum Gasteiger partial charge on any atom is -0.376 e. The Balaban J connectivity index is 1.65. The van der Waals surface area contributed by atoms with Crippen LogP contribution in [0.15, 0.2) is 48.5 Å². The molecule has 0 radical (unpaired) electrons. The van der Waals surface area contributed by atoms with E-state index in [2.05, 4.69) is 63.3 Å². The second-order valence-corrected chi connectivity index (χ2v) is 12.7. The van der Waals surface area contributed by atoms with Crippen LogP contribution in [0.3, 0.4) is 0 Å². The Labute approximate surface area is 235 Å². The fourth-order valence-electron chi connectivity index (χ4n) is 5.34. The summed E-state index contributed by atoms with van der Waals surface area (Å²) in [6.07, 6.45) is 1.99. The maximum Gasteiger partial charge on any atom is 0.240 e. The lowest BCUT2D eigenvalue weighted by Gasteiger charge is -2.25. The molecule has 39 heavy (non-hydrogen) atoms. The van der Waals surface area contributed by atoms with Crippen LogP contribution in [0, 0.1) is 13.8 Å². The average molecular weight is 547 g/mol. The van der Waals surface area contributed by atoms with Crippen molar-refractivity contribution in [1.29, 1.82) is 0 Å². The zero-order valence-electron chi connectivity index (χ0n) is 23.5. The lowest BCUT2D eigenvalue weighted by atomic mass is 9.87. The van der Waals surface area contributed by atoms with Gasteiger partial charge in [-0.25, -0.2) is 4.68 Å². The summed E-state index contributed by atoms with van der Waals surface area (Å²) in [7, 11) is 0. The van der Waals surface area contributed by atoms with E-state index in [4.69, 9.17) is 9.84 Å². The van der Waals surface area contributed by atoms with Crippen LogP contribution in [0.1, 0.15) is 66.8 Å². The molecule has 0 aliphatic carbocycles. The first-order chi connectivity index (χ1) is 18.6. The topological polar surface area (TPSA) is 76.5 Å². The molecule has 0 saturated carbocycles. The molecule has 1 aromatic heterocycles. The van der Waals surface area contributed by atoms with Crippen molar-refractivity contribution in [2.75, 3.05) is 30.3 Å². The standard InChI is InChI=1S/C31H38N4O3S/c1-20-9-6-11-22(15-20)28-27-29(31(3,4)5)33-35(23-12-7-10-21(2)16-23)30(27)34(26(37)19-39-28)18-25(36)32-17-24-13-8-14-38-24/h6-7,9-12,15-16,24,28H,8,13-14,17-19H2,1-5H3,(H,32,36)/t24-,28-/m0/s1. The van der Waals surface area contributed by atoms with E-state index < -0.39 is 0 Å². The molecule has 3 aromatic rings. The number of anilines is 1. The first-order valence-corrected chi connectivity index (χ1v) is 14.7. The third-order valence-electron chi connectivity index (χ3n) is 7.24. The van der Waals surface area contributed by atoms with Crippen LogP contribution >= 0.6 is 11.8 Å². The van der Waals surface area contributed by atoms with E-state index in [1.165, 1.54) is 5.56 Å². The Bertz CT molecular complexity index is 1370. The minimum atomic E-state index is -0.289. The molecular formula is C31H38N4O3S. The van der Waals surface area contributed by atoms with Crippen molar-refractivity contribution >= 4 is 29.4 Å². The number of ether oxygens (including phenoxy) is 1. The first kappa shape index (κ1) is 27.5. The number of fused-ring (bicyclic) bond motifs is 1. The Kier molecular flexibility index (Phi) is 7.87. The highest BCUT2D eigenvalue weighted by Gasteiger charge is 2.40. The van der Waals surface area contributed by atoms with Crippen molar-refractivity contribution in [2.45, 2.75) is 64.2 Å². The van der Waals surface area contributed by atoms with Crippen molar-refractivity contribution in [1.82, 2.24) is 15.1 Å². The summed E-state index contributed by atoms with van der Waals surface area (Å²) in [6, 6.07) is 16.6. The molecule has 1 fully saturated rings. The van der Waals surface area contributed by atoms with Gasteiger partial charge in [0.15, 0.2) is 0 Å². The number of carbonyl (C=O) groups excluding carboxylic acids is 2. The van der Waals surface area contributed by atoms with Gasteiger partial charge in [0.2, 0.25) is 11.8 Å². The number of carbonyl (C=O) groups is 2. The monoisotopic (exact) mass is 546 g/mol. The molecule has 5 rings (SSSR count). The van der Waals surface area contributed by atoms with E-state index in [1.54, 1.807) is 16.7 Å². The summed E-state index contributed by atoms with van der Waals surface area (Å²) in [4.78, 5) is 28.7. The summed E-state index contributed by atoms with van der Waals surface area (Å²) in [5, 5.41) is 8.08. The largest absolute Gasteiger partial charge is 0.376 e. The smallest absolute Gasteiger partial charge is 0.240 e. The number of rotatable bonds is 6. The highest BCUT2D eigenvalue weighted by molar-refractivity contribution is 8.00. The van der Waals surface area contributed by atoms with Gasteiger partial charge in [-0.05, 0) is 49.9 Å². The van der Waals surface area contributed by atoms with Gasteiger partial charge < -0.3 is 10.1 Å². The van der Waals surface area contributed by atoms with Crippen LogP contribution in [-0.2, 0) is 19.7 Å². The Morgan fingerprint density at radius 1 is 1.13 bits per heavy atom. The molecule has 0 bridgehead atoms. The third-order valence-corrected chi connectivity index (χ3v) is 8.50. The fourth-order valence-corrected chi connectivity index (χ4v) is 6.53. The Morgan fingerprint density at radius 3 is 2.54 bits per heavy atom. The van der Waals surface area contributed by atoms with Crippen molar-refractivity contribution in [2.24, 2.45) is 0 Å². The van der Waals surface area contributed by atoms with Crippen LogP contribution in [0.25, 0.3) is 5.69 Å². The second-order valence-electron chi connectivity index (χ2n) is 11.6. The van der Waals surface area contributed by atoms with Gasteiger partial charge in [0.25, 0.3) is 0 Å². The molecule has 1 saturated heterocycles. The average Bonchev–Trinajstić information content (AvgIpc) is 3.52. The molecule has 0 spiro atoms. The van der Waals surface area contributed by atoms with Gasteiger partial charge in [0, 0.05) is 24.1 Å². The molecule has 206 valence electrons. The second kappa shape index (κ2) is 11.2. The normalized spacial score (nSPS) is 19.6. The third kappa shape index (κ3) is 5.92. The summed E-state index contributed by atoms with van der Waals surface area (Å²) in [6.45, 7) is 11.7. The molecule has 2 aromatic carbocycles. The first-order valence-electron chi connectivity index (χ1n) is 13.7. The lowest BCUT2D eigenvalue weighted by molar-refractivity contribution is -0.123. The molecule has 7 nitrogen and oxygen atoms in total.